The Labute approximate surface area is 171 Å². The fraction of sp³-hybridized carbons (Fsp3) is 0.0435. The zero-order valence-electron chi connectivity index (χ0n) is 15.3. The number of fused-ring (bicyclic) bond motifs is 1. The summed E-state index contributed by atoms with van der Waals surface area (Å²) in [5.74, 6) is -1.43. The van der Waals surface area contributed by atoms with Gasteiger partial charge in [-0.3, -0.25) is 14.8 Å². The highest BCUT2D eigenvalue weighted by atomic mass is 32.1. The number of hydrogen-bond donors (Lipinski definition) is 3. The van der Waals surface area contributed by atoms with E-state index in [1.807, 2.05) is 60.7 Å². The molecule has 144 valence electrons. The van der Waals surface area contributed by atoms with Crippen LogP contribution in [-0.2, 0) is 4.79 Å². The standard InChI is InChI=1S/C23H18N2O3S/c26-22(20-14-16-9-4-5-12-19(16)29-20)24-18-11-6-10-17(13-18)21(23(27)25-28)15-7-2-1-3-8-15/h1-14,21,28H,(H,24,26)(H,25,27). The summed E-state index contributed by atoms with van der Waals surface area (Å²) in [4.78, 5) is 25.6. The molecule has 4 aromatic rings. The molecule has 1 heterocycles. The zero-order chi connectivity index (χ0) is 20.2. The van der Waals surface area contributed by atoms with Crippen molar-refractivity contribution in [2.24, 2.45) is 0 Å². The highest BCUT2D eigenvalue weighted by molar-refractivity contribution is 7.20. The summed E-state index contributed by atoms with van der Waals surface area (Å²) in [5.41, 5.74) is 3.73. The summed E-state index contributed by atoms with van der Waals surface area (Å²) in [6.45, 7) is 0. The molecule has 1 aromatic heterocycles. The smallest absolute Gasteiger partial charge is 0.265 e. The van der Waals surface area contributed by atoms with E-state index >= 15 is 0 Å². The van der Waals surface area contributed by atoms with Crippen LogP contribution in [0.5, 0.6) is 0 Å². The molecule has 0 bridgehead atoms. The average Bonchev–Trinajstić information content (AvgIpc) is 3.19. The van der Waals surface area contributed by atoms with Crippen LogP contribution in [0.4, 0.5) is 5.69 Å². The summed E-state index contributed by atoms with van der Waals surface area (Å²) >= 11 is 1.43. The number of hydrogen-bond acceptors (Lipinski definition) is 4. The SMILES string of the molecule is O=C(Nc1cccc(C(C(=O)NO)c2ccccc2)c1)c1cc2ccccc2s1. The Morgan fingerprint density at radius 3 is 2.31 bits per heavy atom. The van der Waals surface area contributed by atoms with E-state index in [0.29, 0.717) is 16.1 Å². The Hall–Kier alpha value is -3.48. The first-order valence-electron chi connectivity index (χ1n) is 9.04. The van der Waals surface area contributed by atoms with Gasteiger partial charge in [0.1, 0.15) is 0 Å². The Bertz CT molecular complexity index is 1140. The Kier molecular flexibility index (Phi) is 5.37. The van der Waals surface area contributed by atoms with Gasteiger partial charge in [0.05, 0.1) is 10.8 Å². The van der Waals surface area contributed by atoms with Crippen molar-refractivity contribution < 1.29 is 14.8 Å². The van der Waals surface area contributed by atoms with Crippen LogP contribution in [0.2, 0.25) is 0 Å². The zero-order valence-corrected chi connectivity index (χ0v) is 16.1. The second kappa shape index (κ2) is 8.26. The molecule has 0 radical (unpaired) electrons. The number of carbonyl (C=O) groups is 2. The molecule has 0 spiro atoms. The molecular weight excluding hydrogens is 384 g/mol. The van der Waals surface area contributed by atoms with Crippen LogP contribution in [0.1, 0.15) is 26.7 Å². The van der Waals surface area contributed by atoms with Crippen molar-refractivity contribution in [2.75, 3.05) is 5.32 Å². The number of rotatable bonds is 5. The highest BCUT2D eigenvalue weighted by Gasteiger charge is 2.23. The topological polar surface area (TPSA) is 78.4 Å². The highest BCUT2D eigenvalue weighted by Crippen LogP contribution is 2.29. The number of amides is 2. The van der Waals surface area contributed by atoms with Crippen molar-refractivity contribution in [3.8, 4) is 0 Å². The van der Waals surface area contributed by atoms with E-state index < -0.39 is 11.8 Å². The summed E-state index contributed by atoms with van der Waals surface area (Å²) < 4.78 is 1.05. The molecule has 2 amide bonds. The molecule has 5 nitrogen and oxygen atoms in total. The predicted molar refractivity (Wildman–Crippen MR) is 114 cm³/mol. The number of thiophene rings is 1. The molecule has 4 rings (SSSR count). The quantitative estimate of drug-likeness (QED) is 0.332. The Morgan fingerprint density at radius 2 is 1.55 bits per heavy atom. The van der Waals surface area contributed by atoms with E-state index in [1.165, 1.54) is 11.3 Å². The lowest BCUT2D eigenvalue weighted by molar-refractivity contribution is -0.129. The van der Waals surface area contributed by atoms with Crippen LogP contribution in [0.3, 0.4) is 0 Å². The number of nitrogens with one attached hydrogen (secondary N) is 2. The normalized spacial score (nSPS) is 11.8. The molecule has 0 aliphatic rings. The fourth-order valence-electron chi connectivity index (χ4n) is 3.29. The molecule has 3 aromatic carbocycles. The van der Waals surface area contributed by atoms with Gasteiger partial charge < -0.3 is 5.32 Å². The first kappa shape index (κ1) is 18.9. The third-order valence-electron chi connectivity index (χ3n) is 4.63. The second-order valence-electron chi connectivity index (χ2n) is 6.55. The minimum Gasteiger partial charge on any atom is -0.321 e. The van der Waals surface area contributed by atoms with Crippen molar-refractivity contribution in [3.05, 3.63) is 101 Å². The predicted octanol–water partition coefficient (Wildman–Crippen LogP) is 4.79. The van der Waals surface area contributed by atoms with E-state index in [4.69, 9.17) is 0 Å². The van der Waals surface area contributed by atoms with Gasteiger partial charge in [-0.15, -0.1) is 11.3 Å². The largest absolute Gasteiger partial charge is 0.321 e. The molecule has 0 aliphatic carbocycles. The fourth-order valence-corrected chi connectivity index (χ4v) is 4.25. The monoisotopic (exact) mass is 402 g/mol. The molecule has 0 saturated carbocycles. The van der Waals surface area contributed by atoms with Gasteiger partial charge in [0.2, 0.25) is 0 Å². The van der Waals surface area contributed by atoms with Crippen LogP contribution in [0.25, 0.3) is 10.1 Å². The maximum Gasteiger partial charge on any atom is 0.265 e. The van der Waals surface area contributed by atoms with E-state index in [9.17, 15) is 14.8 Å². The number of hydroxylamine groups is 1. The Morgan fingerprint density at radius 1 is 0.828 bits per heavy atom. The van der Waals surface area contributed by atoms with Crippen molar-refractivity contribution in [2.45, 2.75) is 5.92 Å². The third-order valence-corrected chi connectivity index (χ3v) is 5.75. The minimum absolute atomic E-state index is 0.203. The van der Waals surface area contributed by atoms with Crippen LogP contribution < -0.4 is 10.8 Å². The third kappa shape index (κ3) is 4.03. The van der Waals surface area contributed by atoms with Crippen molar-refractivity contribution >= 4 is 38.9 Å². The minimum atomic E-state index is -0.692. The van der Waals surface area contributed by atoms with Gasteiger partial charge in [-0.25, -0.2) is 5.48 Å². The van der Waals surface area contributed by atoms with Crippen LogP contribution in [0, 0.1) is 0 Å². The lowest BCUT2D eigenvalue weighted by atomic mass is 9.90. The molecule has 29 heavy (non-hydrogen) atoms. The van der Waals surface area contributed by atoms with Gasteiger partial charge in [-0.1, -0.05) is 60.7 Å². The first-order valence-corrected chi connectivity index (χ1v) is 9.86. The molecule has 1 unspecified atom stereocenters. The van der Waals surface area contributed by atoms with Crippen molar-refractivity contribution in [3.63, 3.8) is 0 Å². The van der Waals surface area contributed by atoms with Crippen LogP contribution >= 0.6 is 11.3 Å². The average molecular weight is 402 g/mol. The lowest BCUT2D eigenvalue weighted by Gasteiger charge is -2.17. The summed E-state index contributed by atoms with van der Waals surface area (Å²) in [7, 11) is 0. The van der Waals surface area contributed by atoms with E-state index in [1.54, 1.807) is 29.7 Å². The lowest BCUT2D eigenvalue weighted by Crippen LogP contribution is -2.27. The van der Waals surface area contributed by atoms with Crippen LogP contribution in [0.15, 0.2) is 84.9 Å². The van der Waals surface area contributed by atoms with Gasteiger partial charge >= 0.3 is 0 Å². The maximum absolute atomic E-state index is 12.7. The van der Waals surface area contributed by atoms with Crippen molar-refractivity contribution in [1.82, 2.24) is 5.48 Å². The summed E-state index contributed by atoms with van der Waals surface area (Å²) in [6.07, 6.45) is 0. The van der Waals surface area contributed by atoms with E-state index in [0.717, 1.165) is 15.6 Å². The van der Waals surface area contributed by atoms with E-state index in [-0.39, 0.29) is 5.91 Å². The number of carbonyl (C=O) groups excluding carboxylic acids is 2. The summed E-state index contributed by atoms with van der Waals surface area (Å²) in [6, 6.07) is 26.0. The van der Waals surface area contributed by atoms with E-state index in [2.05, 4.69) is 5.32 Å². The number of benzene rings is 3. The molecular formula is C23H18N2O3S. The van der Waals surface area contributed by atoms with Crippen molar-refractivity contribution in [1.29, 1.82) is 0 Å². The number of anilines is 1. The Balaban J connectivity index is 1.62. The summed E-state index contributed by atoms with van der Waals surface area (Å²) in [5, 5.41) is 13.1. The van der Waals surface area contributed by atoms with Gasteiger partial charge in [0.25, 0.3) is 11.8 Å². The van der Waals surface area contributed by atoms with Crippen LogP contribution in [-0.4, -0.2) is 17.0 Å². The molecule has 0 aliphatic heterocycles. The molecule has 6 heteroatoms. The molecule has 0 saturated heterocycles. The van der Waals surface area contributed by atoms with Gasteiger partial charge in [-0.05, 0) is 40.8 Å². The second-order valence-corrected chi connectivity index (χ2v) is 7.63. The first-order chi connectivity index (χ1) is 14.2. The van der Waals surface area contributed by atoms with Gasteiger partial charge in [-0.2, -0.15) is 0 Å². The van der Waals surface area contributed by atoms with Gasteiger partial charge in [0.15, 0.2) is 0 Å². The maximum atomic E-state index is 12.7. The molecule has 0 fully saturated rings. The molecule has 1 atom stereocenters. The molecule has 3 N–H and O–H groups in total. The van der Waals surface area contributed by atoms with Gasteiger partial charge in [0, 0.05) is 10.4 Å².